The van der Waals surface area contributed by atoms with Gasteiger partial charge in [0.1, 0.15) is 0 Å². The number of carbonyl (C=O) groups excluding carboxylic acids is 1. The number of nitrogens with zero attached hydrogens (tertiary/aromatic N) is 3. The van der Waals surface area contributed by atoms with Gasteiger partial charge in [-0.1, -0.05) is 62.0 Å². The number of carbonyl (C=O) groups is 1. The second-order valence-electron chi connectivity index (χ2n) is 6.48. The van der Waals surface area contributed by atoms with Crippen molar-refractivity contribution < 1.29 is 17.6 Å². The van der Waals surface area contributed by atoms with Crippen LogP contribution in [0.25, 0.3) is 11.5 Å². The molecule has 30 heavy (non-hydrogen) atoms. The number of sulfonamides is 1. The van der Waals surface area contributed by atoms with E-state index in [-0.39, 0.29) is 21.8 Å². The van der Waals surface area contributed by atoms with Gasteiger partial charge in [0.15, 0.2) is 5.78 Å². The van der Waals surface area contributed by atoms with E-state index < -0.39 is 15.3 Å². The Morgan fingerprint density at radius 1 is 1.07 bits per heavy atom. The molecule has 158 valence electrons. The molecule has 1 heterocycles. The van der Waals surface area contributed by atoms with Gasteiger partial charge < -0.3 is 4.42 Å². The molecule has 1 unspecified atom stereocenters. The molecule has 0 aliphatic carbocycles. The molecule has 0 aliphatic heterocycles. The number of rotatable bonds is 9. The molecule has 0 fully saturated rings. The van der Waals surface area contributed by atoms with Crippen LogP contribution in [0.4, 0.5) is 0 Å². The van der Waals surface area contributed by atoms with Crippen molar-refractivity contribution in [1.29, 1.82) is 0 Å². The third kappa shape index (κ3) is 4.80. The summed E-state index contributed by atoms with van der Waals surface area (Å²) in [6.45, 7) is 6.14. The van der Waals surface area contributed by atoms with Crippen molar-refractivity contribution in [1.82, 2.24) is 14.5 Å². The van der Waals surface area contributed by atoms with Gasteiger partial charge in [0, 0.05) is 24.2 Å². The summed E-state index contributed by atoms with van der Waals surface area (Å²) in [7, 11) is -3.59. The summed E-state index contributed by atoms with van der Waals surface area (Å²) in [4.78, 5) is 12.7. The van der Waals surface area contributed by atoms with E-state index >= 15 is 0 Å². The summed E-state index contributed by atoms with van der Waals surface area (Å²) in [5.41, 5.74) is 1.12. The number of benzene rings is 2. The summed E-state index contributed by atoms with van der Waals surface area (Å²) in [5.74, 6) is 0.168. The molecule has 0 saturated carbocycles. The first-order chi connectivity index (χ1) is 14.4. The third-order valence-electron chi connectivity index (χ3n) is 4.54. The van der Waals surface area contributed by atoms with Crippen LogP contribution in [-0.4, -0.2) is 47.0 Å². The van der Waals surface area contributed by atoms with E-state index in [9.17, 15) is 13.2 Å². The van der Waals surface area contributed by atoms with Crippen LogP contribution in [0.15, 0.2) is 69.1 Å². The molecule has 1 atom stereocenters. The predicted octanol–water partition coefficient (Wildman–Crippen LogP) is 4.13. The number of hydrogen-bond donors (Lipinski definition) is 0. The largest absolute Gasteiger partial charge is 0.411 e. The molecule has 0 saturated heterocycles. The van der Waals surface area contributed by atoms with Gasteiger partial charge in [0.05, 0.1) is 10.1 Å². The van der Waals surface area contributed by atoms with E-state index in [1.807, 2.05) is 18.2 Å². The van der Waals surface area contributed by atoms with Crippen molar-refractivity contribution in [3.05, 3.63) is 60.2 Å². The number of aromatic nitrogens is 2. The lowest BCUT2D eigenvalue weighted by Gasteiger charge is -2.18. The summed E-state index contributed by atoms with van der Waals surface area (Å²) >= 11 is 1.17. The minimum atomic E-state index is -3.59. The summed E-state index contributed by atoms with van der Waals surface area (Å²) in [6, 6.07) is 15.4. The Balaban J connectivity index is 1.79. The van der Waals surface area contributed by atoms with Gasteiger partial charge in [-0.3, -0.25) is 4.79 Å². The van der Waals surface area contributed by atoms with E-state index in [4.69, 9.17) is 4.42 Å². The summed E-state index contributed by atoms with van der Waals surface area (Å²) in [5, 5.41) is 7.87. The van der Waals surface area contributed by atoms with Crippen LogP contribution >= 0.6 is 11.8 Å². The molecular weight excluding hydrogens is 422 g/mol. The highest BCUT2D eigenvalue weighted by Gasteiger charge is 2.23. The molecule has 1 aromatic heterocycles. The molecule has 0 radical (unpaired) electrons. The van der Waals surface area contributed by atoms with Crippen LogP contribution in [0.1, 0.15) is 31.1 Å². The smallest absolute Gasteiger partial charge is 0.277 e. The first-order valence-corrected chi connectivity index (χ1v) is 11.9. The standard InChI is InChI=1S/C21H23N3O4S2/c1-4-24(5-2)30(26,27)18-13-9-12-17(14-18)20-22-23-21(28-20)29-15(3)19(25)16-10-7-6-8-11-16/h6-15H,4-5H2,1-3H3. The molecule has 2 aromatic carbocycles. The average molecular weight is 446 g/mol. The fourth-order valence-electron chi connectivity index (χ4n) is 2.92. The number of ketones is 1. The molecule has 3 rings (SSSR count). The average Bonchev–Trinajstić information content (AvgIpc) is 3.23. The second kappa shape index (κ2) is 9.55. The maximum atomic E-state index is 12.8. The zero-order valence-electron chi connectivity index (χ0n) is 17.0. The first kappa shape index (κ1) is 22.2. The quantitative estimate of drug-likeness (QED) is 0.361. The van der Waals surface area contributed by atoms with Crippen LogP contribution < -0.4 is 0 Å². The topological polar surface area (TPSA) is 93.4 Å². The van der Waals surface area contributed by atoms with Gasteiger partial charge in [-0.15, -0.1) is 10.2 Å². The fourth-order valence-corrected chi connectivity index (χ4v) is 5.18. The Morgan fingerprint density at radius 3 is 2.43 bits per heavy atom. The summed E-state index contributed by atoms with van der Waals surface area (Å²) < 4.78 is 32.6. The van der Waals surface area contributed by atoms with Crippen molar-refractivity contribution in [3.8, 4) is 11.5 Å². The van der Waals surface area contributed by atoms with Crippen LogP contribution in [0.5, 0.6) is 0 Å². The third-order valence-corrected chi connectivity index (χ3v) is 7.52. The van der Waals surface area contributed by atoms with Gasteiger partial charge in [-0.2, -0.15) is 4.31 Å². The summed E-state index contributed by atoms with van der Waals surface area (Å²) in [6.07, 6.45) is 0. The minimum absolute atomic E-state index is 0.0346. The van der Waals surface area contributed by atoms with E-state index in [0.29, 0.717) is 24.2 Å². The zero-order chi connectivity index (χ0) is 21.7. The van der Waals surface area contributed by atoms with Crippen molar-refractivity contribution in [2.24, 2.45) is 0 Å². The highest BCUT2D eigenvalue weighted by Crippen LogP contribution is 2.29. The molecule has 3 aromatic rings. The highest BCUT2D eigenvalue weighted by molar-refractivity contribution is 8.00. The lowest BCUT2D eigenvalue weighted by atomic mass is 10.1. The molecule has 0 bridgehead atoms. The maximum absolute atomic E-state index is 12.8. The monoisotopic (exact) mass is 445 g/mol. The van der Waals surface area contributed by atoms with Gasteiger partial charge >= 0.3 is 0 Å². The fraction of sp³-hybridized carbons (Fsp3) is 0.286. The van der Waals surface area contributed by atoms with Crippen molar-refractivity contribution >= 4 is 27.6 Å². The highest BCUT2D eigenvalue weighted by atomic mass is 32.2. The van der Waals surface area contributed by atoms with Crippen LogP contribution in [-0.2, 0) is 10.0 Å². The maximum Gasteiger partial charge on any atom is 0.277 e. The molecule has 0 amide bonds. The van der Waals surface area contributed by atoms with E-state index in [1.54, 1.807) is 51.1 Å². The second-order valence-corrected chi connectivity index (χ2v) is 9.71. The van der Waals surface area contributed by atoms with Gasteiger partial charge in [0.2, 0.25) is 15.9 Å². The Hall–Kier alpha value is -2.49. The SMILES string of the molecule is CCN(CC)S(=O)(=O)c1cccc(-c2nnc(SC(C)C(=O)c3ccccc3)o2)c1. The van der Waals surface area contributed by atoms with Crippen molar-refractivity contribution in [2.75, 3.05) is 13.1 Å². The van der Waals surface area contributed by atoms with Gasteiger partial charge in [-0.25, -0.2) is 8.42 Å². The predicted molar refractivity (Wildman–Crippen MR) is 116 cm³/mol. The number of hydrogen-bond acceptors (Lipinski definition) is 7. The molecule has 9 heteroatoms. The van der Waals surface area contributed by atoms with E-state index in [2.05, 4.69) is 10.2 Å². The molecule has 0 aliphatic rings. The Labute approximate surface area is 180 Å². The first-order valence-electron chi connectivity index (χ1n) is 9.56. The van der Waals surface area contributed by atoms with Crippen LogP contribution in [0, 0.1) is 0 Å². The van der Waals surface area contributed by atoms with E-state index in [0.717, 1.165) is 0 Å². The van der Waals surface area contributed by atoms with Crippen molar-refractivity contribution in [2.45, 2.75) is 36.1 Å². The normalized spacial score (nSPS) is 12.8. The Bertz CT molecular complexity index is 1110. The van der Waals surface area contributed by atoms with Gasteiger partial charge in [-0.05, 0) is 25.1 Å². The molecule has 0 N–H and O–H groups in total. The van der Waals surface area contributed by atoms with E-state index in [1.165, 1.54) is 22.1 Å². The number of thioether (sulfide) groups is 1. The Kier molecular flexibility index (Phi) is 7.06. The number of Topliss-reactive ketones (excluding diaryl/α,β-unsaturated/α-hetero) is 1. The zero-order valence-corrected chi connectivity index (χ0v) is 18.6. The molecular formula is C21H23N3O4S2. The molecule has 7 nitrogen and oxygen atoms in total. The Morgan fingerprint density at radius 2 is 1.77 bits per heavy atom. The van der Waals surface area contributed by atoms with Crippen LogP contribution in [0.2, 0.25) is 0 Å². The lowest BCUT2D eigenvalue weighted by Crippen LogP contribution is -2.30. The van der Waals surface area contributed by atoms with Gasteiger partial charge in [0.25, 0.3) is 5.22 Å². The van der Waals surface area contributed by atoms with Crippen molar-refractivity contribution in [3.63, 3.8) is 0 Å². The minimum Gasteiger partial charge on any atom is -0.411 e. The molecule has 0 spiro atoms. The van der Waals surface area contributed by atoms with Crippen LogP contribution in [0.3, 0.4) is 0 Å². The lowest BCUT2D eigenvalue weighted by molar-refractivity contribution is 0.0993.